The van der Waals surface area contributed by atoms with Gasteiger partial charge in [0, 0.05) is 11.8 Å². The van der Waals surface area contributed by atoms with Crippen LogP contribution in [-0.4, -0.2) is 23.5 Å². The van der Waals surface area contributed by atoms with Crippen molar-refractivity contribution >= 4 is 17.5 Å². The van der Waals surface area contributed by atoms with Gasteiger partial charge in [-0.1, -0.05) is 19.8 Å². The summed E-state index contributed by atoms with van der Waals surface area (Å²) < 4.78 is 38.8. The Morgan fingerprint density at radius 3 is 2.37 bits per heavy atom. The molecule has 0 aliphatic heterocycles. The molecule has 0 heterocycles. The molecule has 1 N–H and O–H groups in total. The Kier molecular flexibility index (Phi) is 5.53. The van der Waals surface area contributed by atoms with Crippen molar-refractivity contribution in [1.29, 1.82) is 0 Å². The maximum Gasteiger partial charge on any atom is 0.392 e. The molecule has 3 unspecified atom stereocenters. The highest BCUT2D eigenvalue weighted by molar-refractivity contribution is 6.18. The smallest absolute Gasteiger partial charge is 0.350 e. The summed E-state index contributed by atoms with van der Waals surface area (Å²) in [7, 11) is 0. The minimum Gasteiger partial charge on any atom is -0.350 e. The number of halogens is 4. The standard InChI is InChI=1S/C13H21ClF3NO/c1-3-12(2,8-14)18-11(19)9-6-4-5-7-10(9)13(15,16)17/h9-10H,3-8H2,1-2H3,(H,18,19). The molecule has 6 heteroatoms. The number of nitrogens with one attached hydrogen (secondary N) is 1. The molecule has 0 aromatic carbocycles. The van der Waals surface area contributed by atoms with Gasteiger partial charge < -0.3 is 5.32 Å². The number of alkyl halides is 4. The first-order valence-corrected chi connectivity index (χ1v) is 7.21. The van der Waals surface area contributed by atoms with Gasteiger partial charge in [0.15, 0.2) is 0 Å². The Morgan fingerprint density at radius 1 is 1.32 bits per heavy atom. The highest BCUT2D eigenvalue weighted by Crippen LogP contribution is 2.41. The van der Waals surface area contributed by atoms with Crippen molar-refractivity contribution in [2.45, 2.75) is 57.7 Å². The van der Waals surface area contributed by atoms with Gasteiger partial charge in [-0.05, 0) is 26.2 Å². The fraction of sp³-hybridized carbons (Fsp3) is 0.923. The maximum atomic E-state index is 12.9. The zero-order valence-electron chi connectivity index (χ0n) is 11.3. The fourth-order valence-corrected chi connectivity index (χ4v) is 2.70. The van der Waals surface area contributed by atoms with Crippen molar-refractivity contribution in [3.63, 3.8) is 0 Å². The molecule has 1 aliphatic rings. The lowest BCUT2D eigenvalue weighted by Gasteiger charge is -2.35. The maximum absolute atomic E-state index is 12.9. The number of rotatable bonds is 4. The van der Waals surface area contributed by atoms with Crippen LogP contribution < -0.4 is 5.32 Å². The summed E-state index contributed by atoms with van der Waals surface area (Å²) >= 11 is 5.78. The van der Waals surface area contributed by atoms with E-state index in [1.54, 1.807) is 6.92 Å². The molecule has 1 saturated carbocycles. The Morgan fingerprint density at radius 2 is 1.89 bits per heavy atom. The summed E-state index contributed by atoms with van der Waals surface area (Å²) in [5, 5.41) is 2.69. The number of carbonyl (C=O) groups excluding carboxylic acids is 1. The zero-order chi connectivity index (χ0) is 14.7. The molecule has 0 spiro atoms. The van der Waals surface area contributed by atoms with Gasteiger partial charge in [-0.2, -0.15) is 13.2 Å². The van der Waals surface area contributed by atoms with Crippen molar-refractivity contribution in [1.82, 2.24) is 5.32 Å². The second kappa shape index (κ2) is 6.33. The molecule has 0 saturated heterocycles. The lowest BCUT2D eigenvalue weighted by molar-refractivity contribution is -0.198. The zero-order valence-corrected chi connectivity index (χ0v) is 12.1. The Bertz CT molecular complexity index is 316. The second-order valence-corrected chi connectivity index (χ2v) is 5.84. The van der Waals surface area contributed by atoms with Crippen LogP contribution in [-0.2, 0) is 4.79 Å². The van der Waals surface area contributed by atoms with Gasteiger partial charge in [-0.3, -0.25) is 4.79 Å². The summed E-state index contributed by atoms with van der Waals surface area (Å²) in [6.45, 7) is 3.61. The van der Waals surface area contributed by atoms with Crippen LogP contribution in [0, 0.1) is 11.8 Å². The van der Waals surface area contributed by atoms with E-state index in [2.05, 4.69) is 5.32 Å². The molecule has 0 aromatic rings. The molecule has 3 atom stereocenters. The molecule has 112 valence electrons. The van der Waals surface area contributed by atoms with Crippen molar-refractivity contribution in [3.05, 3.63) is 0 Å². The summed E-state index contributed by atoms with van der Waals surface area (Å²) in [5.74, 6) is -2.80. The molecule has 0 radical (unpaired) electrons. The third-order valence-electron chi connectivity index (χ3n) is 4.02. The van der Waals surface area contributed by atoms with E-state index >= 15 is 0 Å². The summed E-state index contributed by atoms with van der Waals surface area (Å²) in [6, 6.07) is 0. The van der Waals surface area contributed by atoms with Gasteiger partial charge >= 0.3 is 6.18 Å². The van der Waals surface area contributed by atoms with Crippen LogP contribution in [0.2, 0.25) is 0 Å². The van der Waals surface area contributed by atoms with E-state index in [1.165, 1.54) is 0 Å². The first kappa shape index (κ1) is 16.6. The van der Waals surface area contributed by atoms with Gasteiger partial charge in [-0.15, -0.1) is 11.6 Å². The van der Waals surface area contributed by atoms with Crippen molar-refractivity contribution in [2.75, 3.05) is 5.88 Å². The molecular formula is C13H21ClF3NO. The quantitative estimate of drug-likeness (QED) is 0.784. The van der Waals surface area contributed by atoms with E-state index in [9.17, 15) is 18.0 Å². The van der Waals surface area contributed by atoms with Gasteiger partial charge in [0.1, 0.15) is 0 Å². The van der Waals surface area contributed by atoms with E-state index in [-0.39, 0.29) is 12.3 Å². The highest BCUT2D eigenvalue weighted by atomic mass is 35.5. The second-order valence-electron chi connectivity index (χ2n) is 5.58. The van der Waals surface area contributed by atoms with Gasteiger partial charge in [0.05, 0.1) is 11.5 Å². The van der Waals surface area contributed by atoms with Crippen LogP contribution in [0.4, 0.5) is 13.2 Å². The van der Waals surface area contributed by atoms with Crippen molar-refractivity contribution < 1.29 is 18.0 Å². The minimum absolute atomic E-state index is 0.0469. The van der Waals surface area contributed by atoms with E-state index in [0.29, 0.717) is 25.7 Å². The molecule has 2 nitrogen and oxygen atoms in total. The topological polar surface area (TPSA) is 29.1 Å². The van der Waals surface area contributed by atoms with Crippen molar-refractivity contribution in [3.8, 4) is 0 Å². The first-order valence-electron chi connectivity index (χ1n) is 6.68. The predicted octanol–water partition coefficient (Wildman–Crippen LogP) is 3.88. The average molecular weight is 300 g/mol. The Hall–Kier alpha value is -0.450. The van der Waals surface area contributed by atoms with Crippen LogP contribution >= 0.6 is 11.6 Å². The Balaban J connectivity index is 2.78. The summed E-state index contributed by atoms with van der Waals surface area (Å²) in [4.78, 5) is 12.1. The molecule has 0 bridgehead atoms. The van der Waals surface area contributed by atoms with Crippen LogP contribution in [0.3, 0.4) is 0 Å². The molecular weight excluding hydrogens is 279 g/mol. The molecule has 19 heavy (non-hydrogen) atoms. The van der Waals surface area contributed by atoms with Crippen molar-refractivity contribution in [2.24, 2.45) is 11.8 Å². The molecule has 1 aliphatic carbocycles. The number of amides is 1. The predicted molar refractivity (Wildman–Crippen MR) is 69.1 cm³/mol. The number of carbonyl (C=O) groups is 1. The van der Waals surface area contributed by atoms with Crippen LogP contribution in [0.15, 0.2) is 0 Å². The van der Waals surface area contributed by atoms with Gasteiger partial charge in [-0.25, -0.2) is 0 Å². The number of hydrogen-bond acceptors (Lipinski definition) is 1. The normalized spacial score (nSPS) is 27.7. The van der Waals surface area contributed by atoms with E-state index in [1.807, 2.05) is 6.92 Å². The lowest BCUT2D eigenvalue weighted by atomic mass is 9.78. The molecule has 1 fully saturated rings. The fourth-order valence-electron chi connectivity index (χ4n) is 2.44. The average Bonchev–Trinajstić information content (AvgIpc) is 2.37. The van der Waals surface area contributed by atoms with E-state index in [4.69, 9.17) is 11.6 Å². The SMILES string of the molecule is CCC(C)(CCl)NC(=O)C1CCCCC1C(F)(F)F. The highest BCUT2D eigenvalue weighted by Gasteiger charge is 2.48. The monoisotopic (exact) mass is 299 g/mol. The van der Waals surface area contributed by atoms with Gasteiger partial charge in [0.25, 0.3) is 0 Å². The first-order chi connectivity index (χ1) is 8.73. The third-order valence-corrected chi connectivity index (χ3v) is 4.61. The molecule has 1 amide bonds. The minimum atomic E-state index is -4.30. The van der Waals surface area contributed by atoms with Crippen LogP contribution in [0.1, 0.15) is 46.0 Å². The van der Waals surface area contributed by atoms with Gasteiger partial charge in [0.2, 0.25) is 5.91 Å². The lowest BCUT2D eigenvalue weighted by Crippen LogP contribution is -2.52. The third kappa shape index (κ3) is 4.26. The number of hydrogen-bond donors (Lipinski definition) is 1. The Labute approximate surface area is 117 Å². The van der Waals surface area contributed by atoms with E-state index in [0.717, 1.165) is 0 Å². The van der Waals surface area contributed by atoms with Crippen LogP contribution in [0.25, 0.3) is 0 Å². The molecule has 1 rings (SSSR count). The molecule has 0 aromatic heterocycles. The summed E-state index contributed by atoms with van der Waals surface area (Å²) in [6.07, 6.45) is -2.15. The largest absolute Gasteiger partial charge is 0.392 e. The summed E-state index contributed by atoms with van der Waals surface area (Å²) in [5.41, 5.74) is -0.633. The van der Waals surface area contributed by atoms with E-state index < -0.39 is 29.5 Å². The van der Waals surface area contributed by atoms with Crippen LogP contribution in [0.5, 0.6) is 0 Å².